The maximum atomic E-state index is 13.4. The third kappa shape index (κ3) is 6.90. The molecule has 0 radical (unpaired) electrons. The highest BCUT2D eigenvalue weighted by Crippen LogP contribution is 2.32. The van der Waals surface area contributed by atoms with E-state index in [0.29, 0.717) is 29.9 Å². The first kappa shape index (κ1) is 23.0. The van der Waals surface area contributed by atoms with Crippen molar-refractivity contribution in [3.05, 3.63) is 54.4 Å². The van der Waals surface area contributed by atoms with Crippen molar-refractivity contribution in [1.29, 1.82) is 0 Å². The van der Waals surface area contributed by atoms with Crippen molar-refractivity contribution in [1.82, 2.24) is 14.9 Å². The Morgan fingerprint density at radius 2 is 2.06 bits per heavy atom. The molecule has 1 aromatic heterocycles. The average molecular weight is 441 g/mol. The Morgan fingerprint density at radius 1 is 1.32 bits per heavy atom. The van der Waals surface area contributed by atoms with E-state index in [0.717, 1.165) is 5.56 Å². The summed E-state index contributed by atoms with van der Waals surface area (Å²) in [5.41, 5.74) is 2.53. The minimum atomic E-state index is -4.65. The minimum Gasteiger partial charge on any atom is -0.368 e. The minimum absolute atomic E-state index is 0.101. The zero-order valence-corrected chi connectivity index (χ0v) is 16.9. The number of amides is 1. The molecule has 3 rings (SSSR count). The summed E-state index contributed by atoms with van der Waals surface area (Å²) in [5, 5.41) is 2.61. The molecule has 0 spiro atoms. The molecule has 1 fully saturated rings. The van der Waals surface area contributed by atoms with Crippen LogP contribution in [0.3, 0.4) is 0 Å². The lowest BCUT2D eigenvalue weighted by molar-refractivity contribution is -0.357. The maximum absolute atomic E-state index is 13.4. The van der Waals surface area contributed by atoms with Crippen LogP contribution in [0, 0.1) is 12.7 Å². The number of hydrogen-bond donors (Lipinski definition) is 1. The molecular weight excluding hydrogens is 418 g/mol. The molecule has 1 aliphatic carbocycles. The van der Waals surface area contributed by atoms with Crippen molar-refractivity contribution in [3.63, 3.8) is 0 Å². The molecule has 1 saturated carbocycles. The summed E-state index contributed by atoms with van der Waals surface area (Å²) in [6, 6.07) is 4.78. The van der Waals surface area contributed by atoms with E-state index in [-0.39, 0.29) is 25.3 Å². The first-order chi connectivity index (χ1) is 14.6. The fourth-order valence-electron chi connectivity index (χ4n) is 3.13. The highest BCUT2D eigenvalue weighted by molar-refractivity contribution is 5.78. The van der Waals surface area contributed by atoms with E-state index in [2.05, 4.69) is 21.6 Å². The first-order valence-electron chi connectivity index (χ1n) is 9.71. The third-order valence-corrected chi connectivity index (χ3v) is 4.88. The lowest BCUT2D eigenvalue weighted by Gasteiger charge is -2.34. The van der Waals surface area contributed by atoms with Gasteiger partial charge in [0.1, 0.15) is 12.4 Å². The van der Waals surface area contributed by atoms with Crippen molar-refractivity contribution in [2.75, 3.05) is 6.61 Å². The quantitative estimate of drug-likeness (QED) is 0.595. The molecule has 0 bridgehead atoms. The van der Waals surface area contributed by atoms with Crippen molar-refractivity contribution in [2.45, 2.75) is 51.3 Å². The van der Waals surface area contributed by atoms with Gasteiger partial charge in [0.05, 0.1) is 24.2 Å². The molecule has 10 heteroatoms. The molecule has 0 unspecified atom stereocenters. The molecule has 1 heterocycles. The standard InChI is InChI=1S/C21H23F4N3O3/c1-13-7-15(3-4-18(13)22)19-10-28(12-26-19)6-5-14(2)27-20(29)11-30-16-8-17(9-16)31-21(23,24)25/h3-4,7,10,12,16-17H,2,5-6,8-9,11H2,1H3,(H,27,29)/t16-,17+. The predicted octanol–water partition coefficient (Wildman–Crippen LogP) is 4.10. The lowest BCUT2D eigenvalue weighted by atomic mass is 9.92. The summed E-state index contributed by atoms with van der Waals surface area (Å²) in [4.78, 5) is 16.2. The van der Waals surface area contributed by atoms with Crippen LogP contribution in [0.5, 0.6) is 0 Å². The molecule has 31 heavy (non-hydrogen) atoms. The summed E-state index contributed by atoms with van der Waals surface area (Å²) < 4.78 is 60.6. The van der Waals surface area contributed by atoms with Gasteiger partial charge in [-0.2, -0.15) is 0 Å². The Balaban J connectivity index is 1.35. The number of nitrogens with zero attached hydrogens (tertiary/aromatic N) is 2. The van der Waals surface area contributed by atoms with Gasteiger partial charge in [0.2, 0.25) is 5.91 Å². The molecule has 6 nitrogen and oxygen atoms in total. The van der Waals surface area contributed by atoms with Gasteiger partial charge in [-0.25, -0.2) is 9.37 Å². The van der Waals surface area contributed by atoms with Gasteiger partial charge in [0, 0.05) is 43.3 Å². The zero-order valence-electron chi connectivity index (χ0n) is 16.9. The van der Waals surface area contributed by atoms with Gasteiger partial charge in [0.15, 0.2) is 0 Å². The van der Waals surface area contributed by atoms with E-state index in [9.17, 15) is 22.4 Å². The Bertz CT molecular complexity index is 936. The monoisotopic (exact) mass is 441 g/mol. The van der Waals surface area contributed by atoms with E-state index in [1.54, 1.807) is 25.4 Å². The summed E-state index contributed by atoms with van der Waals surface area (Å²) in [6.07, 6.45) is -1.88. The van der Waals surface area contributed by atoms with E-state index in [1.807, 2.05) is 10.8 Å². The van der Waals surface area contributed by atoms with E-state index < -0.39 is 24.5 Å². The molecule has 1 aliphatic rings. The van der Waals surface area contributed by atoms with Crippen LogP contribution in [0.25, 0.3) is 11.3 Å². The van der Waals surface area contributed by atoms with Crippen molar-refractivity contribution in [3.8, 4) is 11.3 Å². The molecule has 0 atom stereocenters. The van der Waals surface area contributed by atoms with Crippen molar-refractivity contribution in [2.24, 2.45) is 0 Å². The zero-order chi connectivity index (χ0) is 22.6. The van der Waals surface area contributed by atoms with E-state index in [4.69, 9.17) is 4.74 Å². The highest BCUT2D eigenvalue weighted by atomic mass is 19.4. The van der Waals surface area contributed by atoms with Gasteiger partial charge in [-0.3, -0.25) is 9.53 Å². The van der Waals surface area contributed by atoms with Crippen LogP contribution >= 0.6 is 0 Å². The van der Waals surface area contributed by atoms with Gasteiger partial charge in [0.25, 0.3) is 0 Å². The van der Waals surface area contributed by atoms with Gasteiger partial charge >= 0.3 is 6.36 Å². The van der Waals surface area contributed by atoms with Crippen molar-refractivity contribution < 1.29 is 31.8 Å². The average Bonchev–Trinajstić information content (AvgIpc) is 3.12. The summed E-state index contributed by atoms with van der Waals surface area (Å²) in [5.74, 6) is -0.690. The molecule has 0 saturated heterocycles. The summed E-state index contributed by atoms with van der Waals surface area (Å²) >= 11 is 0. The largest absolute Gasteiger partial charge is 0.522 e. The Kier molecular flexibility index (Phi) is 7.11. The summed E-state index contributed by atoms with van der Waals surface area (Å²) in [6.45, 7) is 5.75. The molecular formula is C21H23F4N3O3. The second-order valence-corrected chi connectivity index (χ2v) is 7.45. The van der Waals surface area contributed by atoms with Crippen LogP contribution in [-0.4, -0.2) is 40.6 Å². The molecule has 168 valence electrons. The fraction of sp³-hybridized carbons (Fsp3) is 0.429. The Labute approximate surface area is 176 Å². The number of benzene rings is 1. The predicted molar refractivity (Wildman–Crippen MR) is 104 cm³/mol. The number of imidazole rings is 1. The van der Waals surface area contributed by atoms with Gasteiger partial charge in [-0.15, -0.1) is 13.2 Å². The normalized spacial score (nSPS) is 18.5. The van der Waals surface area contributed by atoms with Crippen LogP contribution in [0.15, 0.2) is 43.0 Å². The number of allylic oxidation sites excluding steroid dienone is 1. The molecule has 1 aromatic carbocycles. The first-order valence-corrected chi connectivity index (χ1v) is 9.71. The number of carbonyl (C=O) groups is 1. The highest BCUT2D eigenvalue weighted by Gasteiger charge is 2.40. The Morgan fingerprint density at radius 3 is 2.74 bits per heavy atom. The number of carbonyl (C=O) groups excluding carboxylic acids is 1. The molecule has 2 aromatic rings. The summed E-state index contributed by atoms with van der Waals surface area (Å²) in [7, 11) is 0. The van der Waals surface area contributed by atoms with E-state index >= 15 is 0 Å². The second-order valence-electron chi connectivity index (χ2n) is 7.45. The van der Waals surface area contributed by atoms with Crippen LogP contribution in [-0.2, 0) is 20.8 Å². The van der Waals surface area contributed by atoms with Crippen LogP contribution in [0.2, 0.25) is 0 Å². The number of nitrogens with one attached hydrogen (secondary N) is 1. The second kappa shape index (κ2) is 9.61. The molecule has 1 amide bonds. The number of alkyl halides is 3. The Hall–Kier alpha value is -2.72. The van der Waals surface area contributed by atoms with Gasteiger partial charge in [-0.05, 0) is 30.7 Å². The third-order valence-electron chi connectivity index (χ3n) is 4.88. The van der Waals surface area contributed by atoms with Crippen LogP contribution in [0.1, 0.15) is 24.8 Å². The number of ether oxygens (including phenoxy) is 2. The van der Waals surface area contributed by atoms with Crippen LogP contribution < -0.4 is 5.32 Å². The number of hydrogen-bond acceptors (Lipinski definition) is 4. The SMILES string of the molecule is C=C(CCn1cnc(-c2ccc(F)c(C)c2)c1)NC(=O)CO[C@H]1C[C@@H](OC(F)(F)F)C1. The smallest absolute Gasteiger partial charge is 0.368 e. The van der Waals surface area contributed by atoms with Crippen molar-refractivity contribution >= 4 is 5.91 Å². The fourth-order valence-corrected chi connectivity index (χ4v) is 3.13. The topological polar surface area (TPSA) is 65.4 Å². The van der Waals surface area contributed by atoms with E-state index in [1.165, 1.54) is 6.07 Å². The number of aromatic nitrogens is 2. The van der Waals surface area contributed by atoms with Gasteiger partial charge < -0.3 is 14.6 Å². The molecule has 0 aliphatic heterocycles. The molecule has 1 N–H and O–H groups in total. The number of rotatable bonds is 9. The van der Waals surface area contributed by atoms with Crippen LogP contribution in [0.4, 0.5) is 17.6 Å². The number of halogens is 4. The lowest BCUT2D eigenvalue weighted by Crippen LogP contribution is -2.42. The van der Waals surface area contributed by atoms with Gasteiger partial charge in [-0.1, -0.05) is 6.58 Å². The maximum Gasteiger partial charge on any atom is 0.522 e. The number of aryl methyl sites for hydroxylation is 2.